The lowest BCUT2D eigenvalue weighted by atomic mass is 9.95. The SMILES string of the molecule is COc1ccc(C2NC(=O)N(C)C3=C2C(=O)N(CCCN2CCOCC2)C3)cc1. The predicted molar refractivity (Wildman–Crippen MR) is 108 cm³/mol. The van der Waals surface area contributed by atoms with E-state index in [1.807, 2.05) is 29.2 Å². The maximum atomic E-state index is 13.2. The summed E-state index contributed by atoms with van der Waals surface area (Å²) < 4.78 is 10.6. The molecule has 1 N–H and O–H groups in total. The van der Waals surface area contributed by atoms with Crippen molar-refractivity contribution in [3.63, 3.8) is 0 Å². The number of morpholine rings is 1. The fraction of sp³-hybridized carbons (Fsp3) is 0.524. The van der Waals surface area contributed by atoms with Crippen LogP contribution in [0.3, 0.4) is 0 Å². The van der Waals surface area contributed by atoms with Gasteiger partial charge >= 0.3 is 6.03 Å². The fourth-order valence-electron chi connectivity index (χ4n) is 4.16. The summed E-state index contributed by atoms with van der Waals surface area (Å²) in [5, 5.41) is 2.97. The van der Waals surface area contributed by atoms with Crippen molar-refractivity contribution in [3.8, 4) is 5.75 Å². The van der Waals surface area contributed by atoms with E-state index in [1.54, 1.807) is 19.1 Å². The summed E-state index contributed by atoms with van der Waals surface area (Å²) in [6.07, 6.45) is 0.907. The zero-order valence-corrected chi connectivity index (χ0v) is 17.0. The standard InChI is InChI=1S/C21H28N4O4/c1-23-17-14-25(9-3-8-24-10-12-29-13-11-24)20(26)18(17)19(22-21(23)27)15-4-6-16(28-2)7-5-15/h4-7,19H,3,8-14H2,1-2H3,(H,22,27). The quantitative estimate of drug-likeness (QED) is 0.777. The van der Waals surface area contributed by atoms with Crippen LogP contribution in [0.25, 0.3) is 0 Å². The number of benzene rings is 1. The summed E-state index contributed by atoms with van der Waals surface area (Å²) in [6, 6.07) is 6.87. The second-order valence-electron chi connectivity index (χ2n) is 7.61. The number of rotatable bonds is 6. The molecule has 3 aliphatic rings. The Bertz CT molecular complexity index is 801. The minimum Gasteiger partial charge on any atom is -0.497 e. The largest absolute Gasteiger partial charge is 0.497 e. The highest BCUT2D eigenvalue weighted by Gasteiger charge is 2.42. The Labute approximate surface area is 171 Å². The number of hydrogen-bond donors (Lipinski definition) is 1. The Balaban J connectivity index is 1.47. The van der Waals surface area contributed by atoms with E-state index in [9.17, 15) is 9.59 Å². The van der Waals surface area contributed by atoms with Gasteiger partial charge in [-0.25, -0.2) is 4.79 Å². The van der Waals surface area contributed by atoms with E-state index >= 15 is 0 Å². The maximum absolute atomic E-state index is 13.2. The summed E-state index contributed by atoms with van der Waals surface area (Å²) in [4.78, 5) is 31.5. The Morgan fingerprint density at radius 3 is 2.55 bits per heavy atom. The highest BCUT2D eigenvalue weighted by molar-refractivity contribution is 6.01. The highest BCUT2D eigenvalue weighted by atomic mass is 16.5. The Morgan fingerprint density at radius 2 is 1.86 bits per heavy atom. The van der Waals surface area contributed by atoms with Crippen molar-refractivity contribution >= 4 is 11.9 Å². The first-order chi connectivity index (χ1) is 14.1. The minimum atomic E-state index is -0.434. The number of likely N-dealkylation sites (N-methyl/N-ethyl adjacent to an activating group) is 1. The van der Waals surface area contributed by atoms with Gasteiger partial charge in [-0.1, -0.05) is 12.1 Å². The number of amides is 3. The van der Waals surface area contributed by atoms with E-state index in [1.165, 1.54) is 0 Å². The minimum absolute atomic E-state index is 0.00893. The molecule has 1 fully saturated rings. The van der Waals surface area contributed by atoms with Crippen molar-refractivity contribution in [1.29, 1.82) is 0 Å². The van der Waals surface area contributed by atoms with Crippen LogP contribution < -0.4 is 10.1 Å². The van der Waals surface area contributed by atoms with Crippen molar-refractivity contribution < 1.29 is 19.1 Å². The van der Waals surface area contributed by atoms with Gasteiger partial charge < -0.3 is 19.7 Å². The number of methoxy groups -OCH3 is 1. The summed E-state index contributed by atoms with van der Waals surface area (Å²) in [6.45, 7) is 5.56. The number of urea groups is 1. The van der Waals surface area contributed by atoms with Crippen LogP contribution in [0.5, 0.6) is 5.75 Å². The Hall–Kier alpha value is -2.58. The summed E-state index contributed by atoms with van der Waals surface area (Å²) in [7, 11) is 3.34. The second-order valence-corrected chi connectivity index (χ2v) is 7.61. The number of hydrogen-bond acceptors (Lipinski definition) is 5. The maximum Gasteiger partial charge on any atom is 0.322 e. The third-order valence-electron chi connectivity index (χ3n) is 5.89. The van der Waals surface area contributed by atoms with E-state index < -0.39 is 6.04 Å². The molecule has 0 aromatic heterocycles. The number of carbonyl (C=O) groups excluding carboxylic acids is 2. The molecule has 1 unspecified atom stereocenters. The van der Waals surface area contributed by atoms with Crippen LogP contribution in [0.4, 0.5) is 4.79 Å². The number of nitrogens with zero attached hydrogens (tertiary/aromatic N) is 3. The number of carbonyl (C=O) groups is 2. The summed E-state index contributed by atoms with van der Waals surface area (Å²) in [5.41, 5.74) is 2.35. The van der Waals surface area contributed by atoms with Gasteiger partial charge in [0, 0.05) is 33.2 Å². The molecule has 3 aliphatic heterocycles. The molecule has 1 aromatic carbocycles. The van der Waals surface area contributed by atoms with Crippen LogP contribution in [0, 0.1) is 0 Å². The molecule has 3 amide bonds. The van der Waals surface area contributed by atoms with Crippen LogP contribution in [-0.4, -0.2) is 86.7 Å². The van der Waals surface area contributed by atoms with Gasteiger partial charge in [-0.15, -0.1) is 0 Å². The molecule has 156 valence electrons. The van der Waals surface area contributed by atoms with Crippen LogP contribution in [0.15, 0.2) is 35.5 Å². The van der Waals surface area contributed by atoms with E-state index in [0.29, 0.717) is 18.7 Å². The van der Waals surface area contributed by atoms with Crippen molar-refractivity contribution in [2.45, 2.75) is 12.5 Å². The van der Waals surface area contributed by atoms with E-state index in [2.05, 4.69) is 10.2 Å². The molecule has 8 nitrogen and oxygen atoms in total. The molecule has 29 heavy (non-hydrogen) atoms. The first-order valence-electron chi connectivity index (χ1n) is 10.1. The van der Waals surface area contributed by atoms with Crippen LogP contribution >= 0.6 is 0 Å². The van der Waals surface area contributed by atoms with Gasteiger partial charge in [-0.05, 0) is 24.1 Å². The van der Waals surface area contributed by atoms with Gasteiger partial charge in [-0.3, -0.25) is 14.6 Å². The molecule has 4 rings (SSSR count). The smallest absolute Gasteiger partial charge is 0.322 e. The van der Waals surface area contributed by atoms with Crippen molar-refractivity contribution in [2.75, 3.05) is 60.1 Å². The van der Waals surface area contributed by atoms with E-state index in [0.717, 1.165) is 56.3 Å². The van der Waals surface area contributed by atoms with Gasteiger partial charge in [-0.2, -0.15) is 0 Å². The number of ether oxygens (including phenoxy) is 2. The second kappa shape index (κ2) is 8.42. The van der Waals surface area contributed by atoms with Gasteiger partial charge in [0.15, 0.2) is 0 Å². The first-order valence-corrected chi connectivity index (χ1v) is 10.1. The predicted octanol–water partition coefficient (Wildman–Crippen LogP) is 1.21. The monoisotopic (exact) mass is 400 g/mol. The molecule has 0 radical (unpaired) electrons. The molecule has 8 heteroatoms. The number of nitrogens with one attached hydrogen (secondary N) is 1. The fourth-order valence-corrected chi connectivity index (χ4v) is 4.16. The average molecular weight is 400 g/mol. The zero-order chi connectivity index (χ0) is 20.4. The van der Waals surface area contributed by atoms with Crippen molar-refractivity contribution in [3.05, 3.63) is 41.1 Å². The molecule has 1 atom stereocenters. The van der Waals surface area contributed by atoms with Crippen molar-refractivity contribution in [2.24, 2.45) is 0 Å². The lowest BCUT2D eigenvalue weighted by Gasteiger charge is -2.31. The molecule has 0 spiro atoms. The van der Waals surface area contributed by atoms with Gasteiger partial charge in [0.25, 0.3) is 5.91 Å². The molecule has 1 aromatic rings. The van der Waals surface area contributed by atoms with Crippen LogP contribution in [0.1, 0.15) is 18.0 Å². The third-order valence-corrected chi connectivity index (χ3v) is 5.89. The van der Waals surface area contributed by atoms with E-state index in [4.69, 9.17) is 9.47 Å². The molecule has 1 saturated heterocycles. The van der Waals surface area contributed by atoms with Gasteiger partial charge in [0.05, 0.1) is 44.2 Å². The van der Waals surface area contributed by atoms with Crippen LogP contribution in [0.2, 0.25) is 0 Å². The lowest BCUT2D eigenvalue weighted by molar-refractivity contribution is -0.125. The summed E-state index contributed by atoms with van der Waals surface area (Å²) in [5.74, 6) is 0.749. The highest BCUT2D eigenvalue weighted by Crippen LogP contribution is 2.36. The van der Waals surface area contributed by atoms with Crippen molar-refractivity contribution in [1.82, 2.24) is 20.0 Å². The molecular weight excluding hydrogens is 372 g/mol. The Kier molecular flexibility index (Phi) is 5.73. The first kappa shape index (κ1) is 19.7. The lowest BCUT2D eigenvalue weighted by Crippen LogP contribution is -2.45. The third kappa shape index (κ3) is 3.95. The topological polar surface area (TPSA) is 74.4 Å². The Morgan fingerprint density at radius 1 is 1.14 bits per heavy atom. The van der Waals surface area contributed by atoms with Gasteiger partial charge in [0.1, 0.15) is 5.75 Å². The summed E-state index contributed by atoms with van der Waals surface area (Å²) >= 11 is 0. The molecule has 0 bridgehead atoms. The van der Waals surface area contributed by atoms with E-state index in [-0.39, 0.29) is 11.9 Å². The molecule has 0 saturated carbocycles. The zero-order valence-electron chi connectivity index (χ0n) is 17.0. The molecular formula is C21H28N4O4. The normalized spacial score (nSPS) is 22.8. The molecule has 0 aliphatic carbocycles. The molecule has 3 heterocycles. The van der Waals surface area contributed by atoms with Gasteiger partial charge in [0.2, 0.25) is 0 Å². The average Bonchev–Trinajstić information content (AvgIpc) is 3.08. The van der Waals surface area contributed by atoms with Crippen LogP contribution in [-0.2, 0) is 9.53 Å².